The first-order valence-electron chi connectivity index (χ1n) is 14.8. The molecule has 3 aliphatic rings. The summed E-state index contributed by atoms with van der Waals surface area (Å²) in [4.78, 5) is 19.5. The molecule has 1 aromatic rings. The number of rotatable bonds is 10. The van der Waals surface area contributed by atoms with Crippen molar-refractivity contribution in [2.45, 2.75) is 58.0 Å². The number of nitrogens with zero attached hydrogens (tertiary/aromatic N) is 3. The van der Waals surface area contributed by atoms with E-state index in [0.717, 1.165) is 57.3 Å². The number of benzene rings is 1. The molecule has 214 valence electrons. The standard InChI is InChI=1S/C30H50N4O4/c1-30(2,3)38-29(35)34-13-5-7-27(24-34)26-6-4-8-28(22-26)37-21-20-36-19-18-32-14-16-33(17-15-32)23-25-9-11-31-12-10-25/h4,6,8,22,25,27,31H,5,7,9-21,23-24H2,1-3H3. The molecule has 8 heteroatoms. The molecule has 0 radical (unpaired) electrons. The molecule has 0 aromatic heterocycles. The van der Waals surface area contributed by atoms with E-state index in [0.29, 0.717) is 25.7 Å². The normalized spacial score (nSPS) is 22.4. The van der Waals surface area contributed by atoms with Crippen LogP contribution in [0.3, 0.4) is 0 Å². The number of piperidine rings is 2. The molecule has 0 saturated carbocycles. The van der Waals surface area contributed by atoms with Crippen molar-refractivity contribution < 1.29 is 19.0 Å². The highest BCUT2D eigenvalue weighted by atomic mass is 16.6. The zero-order valence-corrected chi connectivity index (χ0v) is 24.0. The van der Waals surface area contributed by atoms with Crippen molar-refractivity contribution in [2.24, 2.45) is 5.92 Å². The van der Waals surface area contributed by atoms with Crippen molar-refractivity contribution >= 4 is 6.09 Å². The van der Waals surface area contributed by atoms with Crippen molar-refractivity contribution in [1.29, 1.82) is 0 Å². The fraction of sp³-hybridized carbons (Fsp3) is 0.767. The van der Waals surface area contributed by atoms with Crippen molar-refractivity contribution in [3.05, 3.63) is 29.8 Å². The minimum absolute atomic E-state index is 0.217. The Balaban J connectivity index is 1.09. The first kappa shape index (κ1) is 29.1. The molecule has 1 N–H and O–H groups in total. The molecule has 4 rings (SSSR count). The molecule has 0 spiro atoms. The Morgan fingerprint density at radius 3 is 2.50 bits per heavy atom. The van der Waals surface area contributed by atoms with Gasteiger partial charge in [-0.05, 0) is 83.2 Å². The lowest BCUT2D eigenvalue weighted by Gasteiger charge is -2.37. The predicted octanol–water partition coefficient (Wildman–Crippen LogP) is 3.81. The van der Waals surface area contributed by atoms with E-state index in [1.807, 2.05) is 37.8 Å². The third kappa shape index (κ3) is 9.70. The maximum Gasteiger partial charge on any atom is 0.410 e. The summed E-state index contributed by atoms with van der Waals surface area (Å²) in [5.41, 5.74) is 0.747. The Labute approximate surface area is 230 Å². The lowest BCUT2D eigenvalue weighted by molar-refractivity contribution is 0.0198. The maximum absolute atomic E-state index is 12.5. The number of amides is 1. The third-order valence-electron chi connectivity index (χ3n) is 7.89. The summed E-state index contributed by atoms with van der Waals surface area (Å²) < 4.78 is 17.5. The molecule has 38 heavy (non-hydrogen) atoms. The van der Waals surface area contributed by atoms with Gasteiger partial charge in [-0.1, -0.05) is 12.1 Å². The molecule has 1 atom stereocenters. The number of hydrogen-bond acceptors (Lipinski definition) is 7. The van der Waals surface area contributed by atoms with Gasteiger partial charge in [-0.3, -0.25) is 4.90 Å². The lowest BCUT2D eigenvalue weighted by Crippen LogP contribution is -2.49. The number of ether oxygens (including phenoxy) is 3. The monoisotopic (exact) mass is 530 g/mol. The van der Waals surface area contributed by atoms with Crippen LogP contribution in [0.2, 0.25) is 0 Å². The topological polar surface area (TPSA) is 66.5 Å². The van der Waals surface area contributed by atoms with Crippen LogP contribution in [-0.2, 0) is 9.47 Å². The highest BCUT2D eigenvalue weighted by Gasteiger charge is 2.28. The number of carbonyl (C=O) groups is 1. The van der Waals surface area contributed by atoms with Gasteiger partial charge in [-0.15, -0.1) is 0 Å². The van der Waals surface area contributed by atoms with Crippen molar-refractivity contribution in [3.63, 3.8) is 0 Å². The predicted molar refractivity (Wildman–Crippen MR) is 151 cm³/mol. The number of carbonyl (C=O) groups excluding carboxylic acids is 1. The Morgan fingerprint density at radius 1 is 0.974 bits per heavy atom. The van der Waals surface area contributed by atoms with Crippen molar-refractivity contribution in [3.8, 4) is 5.75 Å². The first-order chi connectivity index (χ1) is 18.4. The zero-order chi connectivity index (χ0) is 26.8. The van der Waals surface area contributed by atoms with E-state index in [1.54, 1.807) is 0 Å². The van der Waals surface area contributed by atoms with Gasteiger partial charge >= 0.3 is 6.09 Å². The van der Waals surface area contributed by atoms with Crippen LogP contribution in [0.25, 0.3) is 0 Å². The summed E-state index contributed by atoms with van der Waals surface area (Å²) in [7, 11) is 0. The van der Waals surface area contributed by atoms with E-state index in [4.69, 9.17) is 14.2 Å². The van der Waals surface area contributed by atoms with Crippen molar-refractivity contribution in [2.75, 3.05) is 85.3 Å². The van der Waals surface area contributed by atoms with Gasteiger partial charge < -0.3 is 29.3 Å². The molecular weight excluding hydrogens is 480 g/mol. The van der Waals surface area contributed by atoms with Gasteiger partial charge in [0.2, 0.25) is 0 Å². The van der Waals surface area contributed by atoms with Gasteiger partial charge in [0.25, 0.3) is 0 Å². The molecule has 1 unspecified atom stereocenters. The molecule has 8 nitrogen and oxygen atoms in total. The first-order valence-corrected chi connectivity index (χ1v) is 14.8. The zero-order valence-electron chi connectivity index (χ0n) is 24.0. The fourth-order valence-electron chi connectivity index (χ4n) is 5.74. The van der Waals surface area contributed by atoms with Gasteiger partial charge in [0.05, 0.1) is 13.2 Å². The second kappa shape index (κ2) is 14.5. The van der Waals surface area contributed by atoms with E-state index in [2.05, 4.69) is 27.2 Å². The lowest BCUT2D eigenvalue weighted by atomic mass is 9.91. The molecule has 3 aliphatic heterocycles. The van der Waals surface area contributed by atoms with E-state index in [-0.39, 0.29) is 6.09 Å². The van der Waals surface area contributed by atoms with Gasteiger partial charge in [-0.2, -0.15) is 0 Å². The smallest absolute Gasteiger partial charge is 0.410 e. The number of nitrogens with one attached hydrogen (secondary N) is 1. The Bertz CT molecular complexity index is 847. The third-order valence-corrected chi connectivity index (χ3v) is 7.89. The number of likely N-dealkylation sites (tertiary alicyclic amines) is 1. The Kier molecular flexibility index (Phi) is 11.1. The van der Waals surface area contributed by atoms with Crippen molar-refractivity contribution in [1.82, 2.24) is 20.0 Å². The van der Waals surface area contributed by atoms with Crippen LogP contribution in [0.1, 0.15) is 57.9 Å². The summed E-state index contributed by atoms with van der Waals surface area (Å²) in [6, 6.07) is 8.30. The van der Waals surface area contributed by atoms with E-state index < -0.39 is 5.60 Å². The van der Waals surface area contributed by atoms with Crippen LogP contribution in [0.5, 0.6) is 5.75 Å². The van der Waals surface area contributed by atoms with Crippen LogP contribution in [0, 0.1) is 5.92 Å². The Morgan fingerprint density at radius 2 is 1.74 bits per heavy atom. The molecule has 3 fully saturated rings. The fourth-order valence-corrected chi connectivity index (χ4v) is 5.74. The van der Waals surface area contributed by atoms with E-state index in [9.17, 15) is 4.79 Å². The second-order valence-corrected chi connectivity index (χ2v) is 12.1. The molecular formula is C30H50N4O4. The van der Waals surface area contributed by atoms with Gasteiger partial charge in [0.1, 0.15) is 18.0 Å². The Hall–Kier alpha value is -1.87. The van der Waals surface area contributed by atoms with Crippen LogP contribution in [0.15, 0.2) is 24.3 Å². The quantitative estimate of drug-likeness (QED) is 0.462. The molecule has 0 aliphatic carbocycles. The highest BCUT2D eigenvalue weighted by molar-refractivity contribution is 5.68. The average molecular weight is 531 g/mol. The number of hydrogen-bond donors (Lipinski definition) is 1. The molecule has 0 bridgehead atoms. The second-order valence-electron chi connectivity index (χ2n) is 12.1. The largest absolute Gasteiger partial charge is 0.491 e. The minimum Gasteiger partial charge on any atom is -0.491 e. The van der Waals surface area contributed by atoms with Gasteiger partial charge in [0, 0.05) is 58.3 Å². The SMILES string of the molecule is CC(C)(C)OC(=O)N1CCCC(c2cccc(OCCOCCN3CCN(CC4CCNCC4)CC3)c2)C1. The number of piperazine rings is 1. The highest BCUT2D eigenvalue weighted by Crippen LogP contribution is 2.30. The molecule has 1 aromatic carbocycles. The maximum atomic E-state index is 12.5. The van der Waals surface area contributed by atoms with E-state index >= 15 is 0 Å². The summed E-state index contributed by atoms with van der Waals surface area (Å²) >= 11 is 0. The molecule has 3 heterocycles. The van der Waals surface area contributed by atoms with Crippen LogP contribution < -0.4 is 10.1 Å². The summed E-state index contributed by atoms with van der Waals surface area (Å²) in [6.45, 7) is 18.4. The molecule has 3 saturated heterocycles. The summed E-state index contributed by atoms with van der Waals surface area (Å²) in [6.07, 6.45) is 4.49. The summed E-state index contributed by atoms with van der Waals surface area (Å²) in [5.74, 6) is 2.04. The van der Waals surface area contributed by atoms with Crippen LogP contribution >= 0.6 is 0 Å². The molecule has 1 amide bonds. The van der Waals surface area contributed by atoms with Crippen LogP contribution in [-0.4, -0.2) is 112 Å². The summed E-state index contributed by atoms with van der Waals surface area (Å²) in [5, 5.41) is 3.47. The van der Waals surface area contributed by atoms with Gasteiger partial charge in [0.15, 0.2) is 0 Å². The van der Waals surface area contributed by atoms with Crippen LogP contribution in [0.4, 0.5) is 4.79 Å². The average Bonchev–Trinajstić information content (AvgIpc) is 2.91. The minimum atomic E-state index is -0.471. The van der Waals surface area contributed by atoms with E-state index in [1.165, 1.54) is 51.1 Å². The van der Waals surface area contributed by atoms with Gasteiger partial charge in [-0.25, -0.2) is 4.79 Å².